The minimum absolute atomic E-state index is 0.378. The van der Waals surface area contributed by atoms with Gasteiger partial charge in [-0.1, -0.05) is 18.2 Å². The molecule has 1 heterocycles. The van der Waals surface area contributed by atoms with Gasteiger partial charge in [-0.15, -0.1) is 0 Å². The van der Waals surface area contributed by atoms with Crippen LogP contribution in [0.5, 0.6) is 0 Å². The fourth-order valence-corrected chi connectivity index (χ4v) is 3.64. The second-order valence-corrected chi connectivity index (χ2v) is 6.96. The van der Waals surface area contributed by atoms with Crippen molar-refractivity contribution in [3.05, 3.63) is 65.0 Å². The van der Waals surface area contributed by atoms with E-state index in [4.69, 9.17) is 0 Å². The Morgan fingerprint density at radius 3 is 2.64 bits per heavy atom. The number of hydrogen-bond donors (Lipinski definition) is 1. The highest BCUT2D eigenvalue weighted by Crippen LogP contribution is 2.44. The highest BCUT2D eigenvalue weighted by atomic mass is 19.1. The smallest absolute Gasteiger partial charge is 0.318 e. The van der Waals surface area contributed by atoms with Crippen LogP contribution in [-0.2, 0) is 10.2 Å². The van der Waals surface area contributed by atoms with E-state index in [0.717, 1.165) is 29.8 Å². The molecule has 2 aliphatic carbocycles. The molecular weight excluding hydrogens is 319 g/mol. The normalized spacial score (nSPS) is 22.7. The van der Waals surface area contributed by atoms with E-state index >= 15 is 0 Å². The van der Waals surface area contributed by atoms with Gasteiger partial charge >= 0.3 is 5.97 Å². The van der Waals surface area contributed by atoms with Crippen molar-refractivity contribution in [2.75, 3.05) is 0 Å². The van der Waals surface area contributed by atoms with Gasteiger partial charge in [-0.05, 0) is 55.4 Å². The SMILES string of the molecule is Cc1c(F)cccc1[C@@]1(C(=O)O)C=C(c2cnc(C3CC3)nc2)CC1. The first kappa shape index (κ1) is 15.9. The van der Waals surface area contributed by atoms with E-state index in [1.165, 1.54) is 6.07 Å². The van der Waals surface area contributed by atoms with Crippen LogP contribution in [0.1, 0.15) is 54.1 Å². The van der Waals surface area contributed by atoms with E-state index < -0.39 is 11.4 Å². The van der Waals surface area contributed by atoms with Crippen LogP contribution in [0.15, 0.2) is 36.7 Å². The average molecular weight is 338 g/mol. The van der Waals surface area contributed by atoms with Gasteiger partial charge in [0.2, 0.25) is 0 Å². The van der Waals surface area contributed by atoms with Gasteiger partial charge in [0.15, 0.2) is 0 Å². The summed E-state index contributed by atoms with van der Waals surface area (Å²) >= 11 is 0. The Morgan fingerprint density at radius 1 is 1.28 bits per heavy atom. The molecule has 0 aliphatic heterocycles. The molecule has 0 spiro atoms. The maximum Gasteiger partial charge on any atom is 0.318 e. The Kier molecular flexibility index (Phi) is 3.67. The molecule has 2 aliphatic rings. The summed E-state index contributed by atoms with van der Waals surface area (Å²) < 4.78 is 14.0. The third-order valence-electron chi connectivity index (χ3n) is 5.32. The molecule has 1 N–H and O–H groups in total. The fourth-order valence-electron chi connectivity index (χ4n) is 3.64. The quantitative estimate of drug-likeness (QED) is 0.915. The van der Waals surface area contributed by atoms with Gasteiger partial charge in [-0.3, -0.25) is 4.79 Å². The molecule has 1 saturated carbocycles. The Labute approximate surface area is 145 Å². The van der Waals surface area contributed by atoms with Crippen LogP contribution >= 0.6 is 0 Å². The second kappa shape index (κ2) is 5.76. The lowest BCUT2D eigenvalue weighted by Crippen LogP contribution is -2.32. The molecule has 0 amide bonds. The first-order valence-electron chi connectivity index (χ1n) is 8.54. The van der Waals surface area contributed by atoms with Gasteiger partial charge in [0, 0.05) is 23.9 Å². The van der Waals surface area contributed by atoms with Crippen molar-refractivity contribution in [2.45, 2.75) is 43.9 Å². The molecule has 0 radical (unpaired) electrons. The van der Waals surface area contributed by atoms with Crippen molar-refractivity contribution >= 4 is 11.5 Å². The van der Waals surface area contributed by atoms with Crippen LogP contribution in [-0.4, -0.2) is 21.0 Å². The van der Waals surface area contributed by atoms with Gasteiger partial charge in [-0.25, -0.2) is 14.4 Å². The second-order valence-electron chi connectivity index (χ2n) is 6.96. The predicted molar refractivity (Wildman–Crippen MR) is 91.7 cm³/mol. The maximum absolute atomic E-state index is 14.0. The first-order chi connectivity index (χ1) is 12.0. The highest BCUT2D eigenvalue weighted by Gasteiger charge is 2.43. The Morgan fingerprint density at radius 2 is 2.00 bits per heavy atom. The number of carboxylic acid groups (broad SMARTS) is 1. The summed E-state index contributed by atoms with van der Waals surface area (Å²) in [5, 5.41) is 9.92. The van der Waals surface area contributed by atoms with Crippen molar-refractivity contribution in [3.8, 4) is 0 Å². The minimum atomic E-state index is -1.20. The van der Waals surface area contributed by atoms with E-state index in [9.17, 15) is 14.3 Å². The third-order valence-corrected chi connectivity index (χ3v) is 5.32. The number of rotatable bonds is 4. The molecule has 4 nitrogen and oxygen atoms in total. The molecule has 2 aromatic rings. The number of aromatic nitrogens is 2. The summed E-state index contributed by atoms with van der Waals surface area (Å²) in [5.41, 5.74) is 1.47. The summed E-state index contributed by atoms with van der Waals surface area (Å²) in [7, 11) is 0. The number of halogens is 1. The molecule has 1 fully saturated rings. The number of carboxylic acids is 1. The molecule has 0 unspecified atom stereocenters. The summed E-state index contributed by atoms with van der Waals surface area (Å²) in [4.78, 5) is 21.0. The number of carbonyl (C=O) groups is 1. The number of allylic oxidation sites excluding steroid dienone is 1. The summed E-state index contributed by atoms with van der Waals surface area (Å²) in [5.74, 6) is 0.0243. The molecule has 5 heteroatoms. The molecule has 0 bridgehead atoms. The number of hydrogen-bond acceptors (Lipinski definition) is 3. The largest absolute Gasteiger partial charge is 0.480 e. The van der Waals surface area contributed by atoms with Gasteiger partial charge in [0.1, 0.15) is 17.1 Å². The highest BCUT2D eigenvalue weighted by molar-refractivity contribution is 5.90. The van der Waals surface area contributed by atoms with E-state index in [2.05, 4.69) is 9.97 Å². The summed E-state index contributed by atoms with van der Waals surface area (Å²) in [6, 6.07) is 4.64. The van der Waals surface area contributed by atoms with Gasteiger partial charge < -0.3 is 5.11 Å². The van der Waals surface area contributed by atoms with E-state index in [1.54, 1.807) is 37.5 Å². The Balaban J connectivity index is 1.74. The molecule has 25 heavy (non-hydrogen) atoms. The van der Waals surface area contributed by atoms with Crippen LogP contribution in [0.4, 0.5) is 4.39 Å². The monoisotopic (exact) mass is 338 g/mol. The van der Waals surface area contributed by atoms with Crippen LogP contribution in [0.2, 0.25) is 0 Å². The zero-order chi connectivity index (χ0) is 17.6. The Bertz CT molecular complexity index is 872. The Hall–Kier alpha value is -2.56. The molecular formula is C20H19FN2O2. The molecule has 128 valence electrons. The van der Waals surface area contributed by atoms with Crippen LogP contribution in [0.25, 0.3) is 5.57 Å². The lowest BCUT2D eigenvalue weighted by atomic mass is 9.78. The number of benzene rings is 1. The van der Waals surface area contributed by atoms with Gasteiger partial charge in [0.05, 0.1) is 0 Å². The van der Waals surface area contributed by atoms with Crippen LogP contribution < -0.4 is 0 Å². The van der Waals surface area contributed by atoms with Crippen molar-refractivity contribution in [1.29, 1.82) is 0 Å². The lowest BCUT2D eigenvalue weighted by molar-refractivity contribution is -0.141. The van der Waals surface area contributed by atoms with Gasteiger partial charge in [0.25, 0.3) is 0 Å². The minimum Gasteiger partial charge on any atom is -0.480 e. The molecule has 1 atom stereocenters. The number of nitrogens with zero attached hydrogens (tertiary/aromatic N) is 2. The predicted octanol–water partition coefficient (Wildman–Crippen LogP) is 4.00. The molecule has 1 aromatic heterocycles. The van der Waals surface area contributed by atoms with Crippen LogP contribution in [0.3, 0.4) is 0 Å². The molecule has 0 saturated heterocycles. The van der Waals surface area contributed by atoms with Gasteiger partial charge in [-0.2, -0.15) is 0 Å². The maximum atomic E-state index is 14.0. The molecule has 1 aromatic carbocycles. The fraction of sp³-hybridized carbons (Fsp3) is 0.350. The first-order valence-corrected chi connectivity index (χ1v) is 8.54. The standard InChI is InChI=1S/C20H19FN2O2/c1-12-16(3-2-4-17(12)21)20(19(24)25)8-7-14(9-20)15-10-22-18(23-11-15)13-5-6-13/h2-4,9-11,13H,5-8H2,1H3,(H,24,25)/t20-/m0/s1. The summed E-state index contributed by atoms with van der Waals surface area (Å²) in [6.07, 6.45) is 8.62. The zero-order valence-corrected chi connectivity index (χ0v) is 14.0. The van der Waals surface area contributed by atoms with E-state index in [0.29, 0.717) is 29.9 Å². The van der Waals surface area contributed by atoms with Crippen LogP contribution in [0, 0.1) is 12.7 Å². The average Bonchev–Trinajstić information content (AvgIpc) is 3.36. The number of aliphatic carboxylic acids is 1. The zero-order valence-electron chi connectivity index (χ0n) is 14.0. The topological polar surface area (TPSA) is 63.1 Å². The molecule has 4 rings (SSSR count). The van der Waals surface area contributed by atoms with Crippen molar-refractivity contribution in [3.63, 3.8) is 0 Å². The van der Waals surface area contributed by atoms with Crippen molar-refractivity contribution in [2.24, 2.45) is 0 Å². The third kappa shape index (κ3) is 2.64. The van der Waals surface area contributed by atoms with E-state index in [-0.39, 0.29) is 5.82 Å². The summed E-state index contributed by atoms with van der Waals surface area (Å²) in [6.45, 7) is 1.63. The van der Waals surface area contributed by atoms with Crippen molar-refractivity contribution < 1.29 is 14.3 Å². The van der Waals surface area contributed by atoms with E-state index in [1.807, 2.05) is 0 Å². The lowest BCUT2D eigenvalue weighted by Gasteiger charge is -2.24. The van der Waals surface area contributed by atoms with Crippen molar-refractivity contribution in [1.82, 2.24) is 9.97 Å².